The fraction of sp³-hybridized carbons (Fsp3) is 0.579. The number of benzene rings is 1. The van der Waals surface area contributed by atoms with E-state index in [9.17, 15) is 4.79 Å². The lowest BCUT2D eigenvalue weighted by molar-refractivity contribution is -0.0977. The number of hydrogen-bond acceptors (Lipinski definition) is 7. The number of aromatic nitrogens is 2. The van der Waals surface area contributed by atoms with E-state index in [1.807, 2.05) is 18.2 Å². The van der Waals surface area contributed by atoms with E-state index in [1.165, 1.54) is 10.9 Å². The molecule has 2 aliphatic rings. The van der Waals surface area contributed by atoms with Crippen LogP contribution < -0.4 is 10.5 Å². The smallest absolute Gasteiger partial charge is 0.261 e. The molecular formula is C19H26N4O4. The first kappa shape index (κ1) is 18.4. The number of hydrogen-bond donors (Lipinski definition) is 1. The molecule has 1 aromatic carbocycles. The van der Waals surface area contributed by atoms with Gasteiger partial charge in [0.15, 0.2) is 0 Å². The predicted molar refractivity (Wildman–Crippen MR) is 102 cm³/mol. The summed E-state index contributed by atoms with van der Waals surface area (Å²) in [6.07, 6.45) is 1.69. The summed E-state index contributed by atoms with van der Waals surface area (Å²) in [5.41, 5.74) is 1.67. The highest BCUT2D eigenvalue weighted by molar-refractivity contribution is 5.81. The van der Waals surface area contributed by atoms with Crippen LogP contribution in [0.2, 0.25) is 0 Å². The van der Waals surface area contributed by atoms with Crippen LogP contribution in [0.4, 0.5) is 5.69 Å². The van der Waals surface area contributed by atoms with E-state index in [0.29, 0.717) is 30.7 Å². The summed E-state index contributed by atoms with van der Waals surface area (Å²) >= 11 is 0. The maximum absolute atomic E-state index is 12.4. The lowest BCUT2D eigenvalue weighted by Crippen LogP contribution is -2.50. The summed E-state index contributed by atoms with van der Waals surface area (Å²) in [7, 11) is 0. The molecule has 1 unspecified atom stereocenters. The predicted octanol–water partition coefficient (Wildman–Crippen LogP) is -0.0738. The Kier molecular flexibility index (Phi) is 5.68. The zero-order valence-electron chi connectivity index (χ0n) is 15.4. The van der Waals surface area contributed by atoms with Crippen LogP contribution in [0, 0.1) is 0 Å². The van der Waals surface area contributed by atoms with Crippen molar-refractivity contribution in [2.75, 3.05) is 64.1 Å². The van der Waals surface area contributed by atoms with Crippen LogP contribution in [-0.4, -0.2) is 84.8 Å². The molecule has 0 bridgehead atoms. The van der Waals surface area contributed by atoms with Crippen molar-refractivity contribution in [2.24, 2.45) is 0 Å². The molecule has 27 heavy (non-hydrogen) atoms. The van der Waals surface area contributed by atoms with Crippen LogP contribution in [-0.2, 0) is 16.0 Å². The third kappa shape index (κ3) is 4.14. The van der Waals surface area contributed by atoms with E-state index in [1.54, 1.807) is 0 Å². The number of aliphatic hydroxyl groups excluding tert-OH is 1. The molecule has 8 heteroatoms. The Morgan fingerprint density at radius 3 is 2.78 bits per heavy atom. The molecule has 0 aliphatic carbocycles. The topological polar surface area (TPSA) is 80.1 Å². The van der Waals surface area contributed by atoms with Crippen LogP contribution in [0.5, 0.6) is 0 Å². The van der Waals surface area contributed by atoms with Crippen LogP contribution in [0.25, 0.3) is 10.9 Å². The van der Waals surface area contributed by atoms with Gasteiger partial charge < -0.3 is 19.5 Å². The lowest BCUT2D eigenvalue weighted by atomic mass is 10.2. The van der Waals surface area contributed by atoms with Gasteiger partial charge in [0.05, 0.1) is 56.3 Å². The quantitative estimate of drug-likeness (QED) is 0.784. The highest BCUT2D eigenvalue weighted by Crippen LogP contribution is 2.20. The Morgan fingerprint density at radius 1 is 1.19 bits per heavy atom. The van der Waals surface area contributed by atoms with E-state index in [-0.39, 0.29) is 24.8 Å². The van der Waals surface area contributed by atoms with Crippen LogP contribution in [0.1, 0.15) is 0 Å². The van der Waals surface area contributed by atoms with Crippen molar-refractivity contribution in [1.29, 1.82) is 0 Å². The molecule has 4 rings (SSSR count). The minimum absolute atomic E-state index is 0.0759. The number of nitrogens with zero attached hydrogens (tertiary/aromatic N) is 4. The average Bonchev–Trinajstić information content (AvgIpc) is 2.71. The summed E-state index contributed by atoms with van der Waals surface area (Å²) < 4.78 is 12.7. The summed E-state index contributed by atoms with van der Waals surface area (Å²) in [5.74, 6) is 0. The van der Waals surface area contributed by atoms with Gasteiger partial charge in [-0.05, 0) is 18.2 Å². The fourth-order valence-electron chi connectivity index (χ4n) is 3.73. The second-order valence-electron chi connectivity index (χ2n) is 7.02. The van der Waals surface area contributed by atoms with Gasteiger partial charge >= 0.3 is 0 Å². The first-order valence-electron chi connectivity index (χ1n) is 9.51. The Hall–Kier alpha value is -2.00. The summed E-state index contributed by atoms with van der Waals surface area (Å²) in [4.78, 5) is 21.5. The van der Waals surface area contributed by atoms with Crippen molar-refractivity contribution < 1.29 is 14.6 Å². The number of piperazine rings is 1. The average molecular weight is 374 g/mol. The minimum atomic E-state index is -0.111. The molecule has 2 aliphatic heterocycles. The maximum atomic E-state index is 12.4. The van der Waals surface area contributed by atoms with Gasteiger partial charge in [-0.25, -0.2) is 4.98 Å². The molecule has 146 valence electrons. The maximum Gasteiger partial charge on any atom is 0.261 e. The first-order valence-corrected chi connectivity index (χ1v) is 9.51. The fourth-order valence-corrected chi connectivity index (χ4v) is 3.73. The van der Waals surface area contributed by atoms with E-state index < -0.39 is 0 Å². The summed E-state index contributed by atoms with van der Waals surface area (Å²) in [5, 5.41) is 9.63. The number of anilines is 1. The number of aliphatic hydroxyl groups is 1. The summed E-state index contributed by atoms with van der Waals surface area (Å²) in [6.45, 7) is 6.99. The second-order valence-corrected chi connectivity index (χ2v) is 7.02. The molecule has 1 atom stereocenters. The molecule has 1 N–H and O–H groups in total. The lowest BCUT2D eigenvalue weighted by Gasteiger charge is -2.38. The highest BCUT2D eigenvalue weighted by Gasteiger charge is 2.22. The molecule has 8 nitrogen and oxygen atoms in total. The molecule has 0 saturated carbocycles. The van der Waals surface area contributed by atoms with Gasteiger partial charge in [-0.1, -0.05) is 0 Å². The number of fused-ring (bicyclic) bond motifs is 1. The van der Waals surface area contributed by atoms with Gasteiger partial charge in [-0.2, -0.15) is 0 Å². The zero-order valence-corrected chi connectivity index (χ0v) is 15.4. The van der Waals surface area contributed by atoms with Crippen molar-refractivity contribution in [3.05, 3.63) is 34.9 Å². The molecule has 3 heterocycles. The van der Waals surface area contributed by atoms with Crippen molar-refractivity contribution in [2.45, 2.75) is 12.6 Å². The molecular weight excluding hydrogens is 348 g/mol. The Morgan fingerprint density at radius 2 is 2.04 bits per heavy atom. The molecule has 2 saturated heterocycles. The van der Waals surface area contributed by atoms with E-state index >= 15 is 0 Å². The first-order chi connectivity index (χ1) is 13.2. The SMILES string of the molecule is O=c1c2ccc(N3CCN(CC4COCCO4)CC3)cc2ncn1CCO. The number of ether oxygens (including phenoxy) is 2. The van der Waals surface area contributed by atoms with E-state index in [4.69, 9.17) is 14.6 Å². The Labute approximate surface area is 157 Å². The molecule has 0 amide bonds. The normalized spacial score (nSPS) is 21.7. The third-order valence-corrected chi connectivity index (χ3v) is 5.23. The Bertz CT molecular complexity index is 826. The number of rotatable bonds is 5. The van der Waals surface area contributed by atoms with Gasteiger partial charge in [-0.15, -0.1) is 0 Å². The van der Waals surface area contributed by atoms with Crippen LogP contribution in [0.3, 0.4) is 0 Å². The molecule has 1 aromatic heterocycles. The molecule has 0 spiro atoms. The third-order valence-electron chi connectivity index (χ3n) is 5.23. The highest BCUT2D eigenvalue weighted by atomic mass is 16.6. The van der Waals surface area contributed by atoms with E-state index in [0.717, 1.165) is 38.4 Å². The monoisotopic (exact) mass is 374 g/mol. The minimum Gasteiger partial charge on any atom is -0.395 e. The van der Waals surface area contributed by atoms with Crippen LogP contribution in [0.15, 0.2) is 29.3 Å². The molecule has 0 radical (unpaired) electrons. The van der Waals surface area contributed by atoms with Crippen molar-refractivity contribution >= 4 is 16.6 Å². The molecule has 2 fully saturated rings. The zero-order chi connectivity index (χ0) is 18.6. The van der Waals surface area contributed by atoms with Crippen molar-refractivity contribution in [3.63, 3.8) is 0 Å². The van der Waals surface area contributed by atoms with Gasteiger partial charge in [0, 0.05) is 38.4 Å². The largest absolute Gasteiger partial charge is 0.395 e. The second kappa shape index (κ2) is 8.35. The standard InChI is InChI=1S/C19H26N4O4/c24-8-7-23-14-20-18-11-15(1-2-17(18)19(23)25)22-5-3-21(4-6-22)12-16-13-26-9-10-27-16/h1-2,11,14,16,24H,3-10,12-13H2. The van der Waals surface area contributed by atoms with Gasteiger partial charge in [0.25, 0.3) is 5.56 Å². The van der Waals surface area contributed by atoms with Crippen molar-refractivity contribution in [1.82, 2.24) is 14.5 Å². The van der Waals surface area contributed by atoms with Crippen LogP contribution >= 0.6 is 0 Å². The molecule has 2 aromatic rings. The Balaban J connectivity index is 1.41. The summed E-state index contributed by atoms with van der Waals surface area (Å²) in [6, 6.07) is 5.81. The van der Waals surface area contributed by atoms with Gasteiger partial charge in [0.2, 0.25) is 0 Å². The van der Waals surface area contributed by atoms with Gasteiger partial charge in [0.1, 0.15) is 0 Å². The van der Waals surface area contributed by atoms with Crippen molar-refractivity contribution in [3.8, 4) is 0 Å². The van der Waals surface area contributed by atoms with Gasteiger partial charge in [-0.3, -0.25) is 14.3 Å². The van der Waals surface area contributed by atoms with E-state index in [2.05, 4.69) is 14.8 Å².